The molecule has 7 heteroatoms. The molecule has 25 heavy (non-hydrogen) atoms. The molecule has 0 bridgehead atoms. The van der Waals surface area contributed by atoms with Gasteiger partial charge in [-0.2, -0.15) is 10.2 Å². The highest BCUT2D eigenvalue weighted by molar-refractivity contribution is 7.19. The largest absolute Gasteiger partial charge is 0.314 e. The van der Waals surface area contributed by atoms with Crippen LogP contribution in [0.5, 0.6) is 0 Å². The number of nitrogens with one attached hydrogen (secondary N) is 1. The zero-order valence-electron chi connectivity index (χ0n) is 14.3. The smallest absolute Gasteiger partial charge is 0.212 e. The average Bonchev–Trinajstić information content (AvgIpc) is 3.25. The third-order valence-electron chi connectivity index (χ3n) is 4.97. The van der Waals surface area contributed by atoms with E-state index in [9.17, 15) is 0 Å². The Kier molecular flexibility index (Phi) is 3.39. The van der Waals surface area contributed by atoms with Gasteiger partial charge in [-0.25, -0.2) is 9.50 Å². The van der Waals surface area contributed by atoms with Gasteiger partial charge in [0.05, 0.1) is 17.4 Å². The van der Waals surface area contributed by atoms with Crippen LogP contribution in [0.15, 0.2) is 30.6 Å². The van der Waals surface area contributed by atoms with Crippen molar-refractivity contribution in [3.8, 4) is 10.6 Å². The van der Waals surface area contributed by atoms with E-state index in [1.54, 1.807) is 11.3 Å². The molecule has 0 aliphatic carbocycles. The lowest BCUT2D eigenvalue weighted by Crippen LogP contribution is -2.34. The Morgan fingerprint density at radius 2 is 2.16 bits per heavy atom. The highest BCUT2D eigenvalue weighted by atomic mass is 32.1. The van der Waals surface area contributed by atoms with Gasteiger partial charge in [-0.3, -0.25) is 4.68 Å². The number of piperidine rings is 1. The van der Waals surface area contributed by atoms with E-state index in [4.69, 9.17) is 10.1 Å². The Hall–Kier alpha value is -2.25. The number of rotatable bonds is 2. The summed E-state index contributed by atoms with van der Waals surface area (Å²) in [6.07, 6.45) is 6.45. The first-order valence-electron chi connectivity index (χ1n) is 8.69. The third-order valence-corrected chi connectivity index (χ3v) is 5.94. The number of nitrogens with zero attached hydrogens (tertiary/aromatic N) is 5. The molecule has 3 aromatic heterocycles. The molecule has 0 radical (unpaired) electrons. The van der Waals surface area contributed by atoms with Crippen LogP contribution in [0.1, 0.15) is 31.4 Å². The molecule has 128 valence electrons. The highest BCUT2D eigenvalue weighted by Gasteiger charge is 2.23. The molecule has 5 rings (SSSR count). The number of aromatic nitrogens is 5. The standard InChI is InChI=1S/C18H20N6S/c1-11-7-12(5-6-19-11)16-10-24-18(20-16)25-17(22-24)13-3-4-15-14(8-13)9-23(2)21-15/h3-4,8-12,19H,5-7H2,1-2H3. The van der Waals surface area contributed by atoms with Crippen LogP contribution < -0.4 is 5.32 Å². The molecule has 6 nitrogen and oxygen atoms in total. The second-order valence-corrected chi connectivity index (χ2v) is 7.91. The molecule has 0 saturated carbocycles. The lowest BCUT2D eigenvalue weighted by molar-refractivity contribution is 0.377. The Balaban J connectivity index is 1.48. The van der Waals surface area contributed by atoms with Gasteiger partial charge in [-0.05, 0) is 44.5 Å². The van der Waals surface area contributed by atoms with Gasteiger partial charge in [0.2, 0.25) is 4.96 Å². The molecule has 1 aromatic carbocycles. The van der Waals surface area contributed by atoms with Gasteiger partial charge in [-0.15, -0.1) is 0 Å². The Morgan fingerprint density at radius 1 is 1.24 bits per heavy atom. The van der Waals surface area contributed by atoms with E-state index in [1.807, 2.05) is 22.4 Å². The van der Waals surface area contributed by atoms with Gasteiger partial charge >= 0.3 is 0 Å². The zero-order valence-corrected chi connectivity index (χ0v) is 15.1. The van der Waals surface area contributed by atoms with Crippen molar-refractivity contribution in [2.75, 3.05) is 6.54 Å². The first kappa shape index (κ1) is 15.0. The molecular weight excluding hydrogens is 332 g/mol. The van der Waals surface area contributed by atoms with Gasteiger partial charge < -0.3 is 5.32 Å². The fraction of sp³-hybridized carbons (Fsp3) is 0.389. The van der Waals surface area contributed by atoms with E-state index in [0.717, 1.165) is 45.8 Å². The summed E-state index contributed by atoms with van der Waals surface area (Å²) in [6, 6.07) is 6.85. The normalized spacial score (nSPS) is 21.4. The van der Waals surface area contributed by atoms with E-state index in [-0.39, 0.29) is 0 Å². The summed E-state index contributed by atoms with van der Waals surface area (Å²) < 4.78 is 3.78. The second kappa shape index (κ2) is 5.64. The molecule has 1 aliphatic heterocycles. The average molecular weight is 352 g/mol. The van der Waals surface area contributed by atoms with Crippen molar-refractivity contribution < 1.29 is 0 Å². The number of imidazole rings is 1. The summed E-state index contributed by atoms with van der Waals surface area (Å²) in [5.41, 5.74) is 3.31. The SMILES string of the molecule is CC1CC(c2cn3nc(-c4ccc5nn(C)cc5c4)sc3n2)CCN1. The minimum Gasteiger partial charge on any atom is -0.314 e. The predicted molar refractivity (Wildman–Crippen MR) is 100 cm³/mol. The predicted octanol–water partition coefficient (Wildman–Crippen LogP) is 3.20. The summed E-state index contributed by atoms with van der Waals surface area (Å²) in [4.78, 5) is 5.83. The van der Waals surface area contributed by atoms with Crippen LogP contribution in [0.3, 0.4) is 0 Å². The van der Waals surface area contributed by atoms with E-state index >= 15 is 0 Å². The monoisotopic (exact) mass is 352 g/mol. The van der Waals surface area contributed by atoms with Crippen LogP contribution in [0.4, 0.5) is 0 Å². The summed E-state index contributed by atoms with van der Waals surface area (Å²) in [7, 11) is 1.94. The second-order valence-electron chi connectivity index (χ2n) is 6.95. The number of aryl methyl sites for hydroxylation is 1. The van der Waals surface area contributed by atoms with E-state index < -0.39 is 0 Å². The number of fused-ring (bicyclic) bond motifs is 2. The lowest BCUT2D eigenvalue weighted by Gasteiger charge is -2.26. The molecular formula is C18H20N6S. The van der Waals surface area contributed by atoms with Crippen molar-refractivity contribution in [1.29, 1.82) is 0 Å². The quantitative estimate of drug-likeness (QED) is 0.602. The van der Waals surface area contributed by atoms with E-state index in [1.165, 1.54) is 5.69 Å². The summed E-state index contributed by atoms with van der Waals surface area (Å²) >= 11 is 1.65. The van der Waals surface area contributed by atoms with Crippen molar-refractivity contribution in [2.24, 2.45) is 7.05 Å². The van der Waals surface area contributed by atoms with Crippen molar-refractivity contribution in [3.63, 3.8) is 0 Å². The molecule has 1 saturated heterocycles. The summed E-state index contributed by atoms with van der Waals surface area (Å²) in [6.45, 7) is 3.32. The number of benzene rings is 1. The maximum atomic E-state index is 4.86. The van der Waals surface area contributed by atoms with E-state index in [0.29, 0.717) is 12.0 Å². The maximum Gasteiger partial charge on any atom is 0.212 e. The van der Waals surface area contributed by atoms with Crippen LogP contribution in [-0.2, 0) is 7.05 Å². The van der Waals surface area contributed by atoms with Crippen LogP contribution in [0.25, 0.3) is 26.4 Å². The number of hydrogen-bond donors (Lipinski definition) is 1. The minimum absolute atomic E-state index is 0.542. The summed E-state index contributed by atoms with van der Waals surface area (Å²) in [5.74, 6) is 0.542. The zero-order chi connectivity index (χ0) is 17.0. The molecule has 2 atom stereocenters. The molecule has 4 aromatic rings. The first-order valence-corrected chi connectivity index (χ1v) is 9.50. The molecule has 0 amide bonds. The van der Waals surface area contributed by atoms with Crippen LogP contribution in [0, 0.1) is 0 Å². The molecule has 4 heterocycles. The fourth-order valence-corrected chi connectivity index (χ4v) is 4.60. The fourth-order valence-electron chi connectivity index (χ4n) is 3.71. The van der Waals surface area contributed by atoms with Crippen molar-refractivity contribution >= 4 is 27.2 Å². The van der Waals surface area contributed by atoms with Crippen LogP contribution in [0.2, 0.25) is 0 Å². The molecule has 1 fully saturated rings. The van der Waals surface area contributed by atoms with Crippen molar-refractivity contribution in [2.45, 2.75) is 31.7 Å². The van der Waals surface area contributed by atoms with Gasteiger partial charge in [-0.1, -0.05) is 11.3 Å². The molecule has 1 aliphatic rings. The molecule has 2 unspecified atom stereocenters. The van der Waals surface area contributed by atoms with Gasteiger partial charge in [0.25, 0.3) is 0 Å². The Labute approximate surface area is 149 Å². The van der Waals surface area contributed by atoms with Crippen LogP contribution in [-0.4, -0.2) is 37.0 Å². The topological polar surface area (TPSA) is 60.0 Å². The van der Waals surface area contributed by atoms with Gasteiger partial charge in [0, 0.05) is 36.2 Å². The first-order chi connectivity index (χ1) is 12.2. The van der Waals surface area contributed by atoms with Crippen LogP contribution >= 0.6 is 11.3 Å². The van der Waals surface area contributed by atoms with E-state index in [2.05, 4.69) is 41.7 Å². The maximum absolute atomic E-state index is 4.86. The molecule has 1 N–H and O–H groups in total. The Morgan fingerprint density at radius 3 is 3.00 bits per heavy atom. The van der Waals surface area contributed by atoms with Gasteiger partial charge in [0.15, 0.2) is 0 Å². The van der Waals surface area contributed by atoms with Crippen molar-refractivity contribution in [1.82, 2.24) is 29.7 Å². The van der Waals surface area contributed by atoms with Crippen molar-refractivity contribution in [3.05, 3.63) is 36.3 Å². The minimum atomic E-state index is 0.542. The lowest BCUT2D eigenvalue weighted by atomic mass is 9.91. The highest BCUT2D eigenvalue weighted by Crippen LogP contribution is 2.31. The molecule has 0 spiro atoms. The van der Waals surface area contributed by atoms with Gasteiger partial charge in [0.1, 0.15) is 5.01 Å². The third kappa shape index (κ3) is 2.63. The summed E-state index contributed by atoms with van der Waals surface area (Å²) in [5, 5.41) is 14.8. The number of hydrogen-bond acceptors (Lipinski definition) is 5. The Bertz CT molecular complexity index is 1030.